The minimum Gasteiger partial charge on any atom is -0.507 e. The lowest BCUT2D eigenvalue weighted by atomic mass is 9.95. The molecule has 1 fully saturated rings. The molecule has 172 valence electrons. The molecule has 0 aromatic heterocycles. The lowest BCUT2D eigenvalue weighted by Crippen LogP contribution is -2.30. The number of Topliss-reactive ketones (excluding diaryl/α,β-unsaturated/α-hetero) is 1. The number of carbonyl (C=O) groups excluding carboxylic acids is 2. The summed E-state index contributed by atoms with van der Waals surface area (Å²) in [5.74, 6) is -2.41. The number of aliphatic hydroxyl groups excluding tert-OH is 1. The van der Waals surface area contributed by atoms with Crippen LogP contribution in [0.3, 0.4) is 0 Å². The van der Waals surface area contributed by atoms with Gasteiger partial charge in [-0.25, -0.2) is 4.39 Å². The minimum atomic E-state index is -0.893. The van der Waals surface area contributed by atoms with Gasteiger partial charge in [-0.3, -0.25) is 14.4 Å². The van der Waals surface area contributed by atoms with Crippen LogP contribution in [0, 0.1) is 5.82 Å². The summed E-state index contributed by atoms with van der Waals surface area (Å²) in [4.78, 5) is 38.0. The fourth-order valence-electron chi connectivity index (χ4n) is 4.04. The topological polar surface area (TPSA) is 113 Å². The average molecular weight is 455 g/mol. The highest BCUT2D eigenvalue weighted by atomic mass is 19.1. The maximum atomic E-state index is 13.4. The van der Waals surface area contributed by atoms with E-state index in [1.54, 1.807) is 18.2 Å². The number of ether oxygens (including phenoxy) is 2. The number of hydrogen-bond donors (Lipinski definition) is 2. The van der Waals surface area contributed by atoms with Gasteiger partial charge in [0.1, 0.15) is 11.6 Å². The fraction of sp³-hybridized carbons (Fsp3) is 0.292. The van der Waals surface area contributed by atoms with Crippen LogP contribution in [-0.4, -0.2) is 46.1 Å². The van der Waals surface area contributed by atoms with Crippen LogP contribution in [0.1, 0.15) is 42.9 Å². The van der Waals surface area contributed by atoms with Gasteiger partial charge in [0.25, 0.3) is 11.7 Å². The van der Waals surface area contributed by atoms with E-state index in [2.05, 4.69) is 0 Å². The third-order valence-corrected chi connectivity index (χ3v) is 5.66. The molecule has 2 N–H and O–H groups in total. The summed E-state index contributed by atoms with van der Waals surface area (Å²) in [6, 6.07) is 9.12. The Kier molecular flexibility index (Phi) is 6.30. The summed E-state index contributed by atoms with van der Waals surface area (Å²) in [6.45, 7) is 0.252. The second-order valence-electron chi connectivity index (χ2n) is 7.82. The molecular formula is C24H22FNO7. The second-order valence-corrected chi connectivity index (χ2v) is 7.82. The molecule has 0 spiro atoms. The van der Waals surface area contributed by atoms with Gasteiger partial charge in [-0.1, -0.05) is 12.5 Å². The fourth-order valence-corrected chi connectivity index (χ4v) is 4.04. The second kappa shape index (κ2) is 9.32. The van der Waals surface area contributed by atoms with Gasteiger partial charge in [0, 0.05) is 18.5 Å². The molecule has 0 radical (unpaired) electrons. The van der Waals surface area contributed by atoms with Gasteiger partial charge < -0.3 is 24.6 Å². The lowest BCUT2D eigenvalue weighted by Gasteiger charge is -2.25. The molecule has 2 heterocycles. The molecule has 1 saturated heterocycles. The standard InChI is InChI=1S/C24H22FNO7/c25-16-8-5-14(6-9-16)22(29)20-21(15-7-10-17-18(12-15)33-13-32-17)26(24(31)23(20)30)11-3-1-2-4-19(27)28/h5-10,12,21,29H,1-4,11,13H2,(H,27,28). The van der Waals surface area contributed by atoms with Gasteiger partial charge in [-0.15, -0.1) is 0 Å². The summed E-state index contributed by atoms with van der Waals surface area (Å²) >= 11 is 0. The number of nitrogens with zero attached hydrogens (tertiary/aromatic N) is 1. The van der Waals surface area contributed by atoms with Gasteiger partial charge >= 0.3 is 5.97 Å². The number of benzene rings is 2. The highest BCUT2D eigenvalue weighted by Gasteiger charge is 2.46. The number of likely N-dealkylation sites (tertiary alicyclic amines) is 1. The predicted molar refractivity (Wildman–Crippen MR) is 114 cm³/mol. The zero-order valence-corrected chi connectivity index (χ0v) is 17.6. The van der Waals surface area contributed by atoms with Crippen LogP contribution in [0.5, 0.6) is 11.5 Å². The van der Waals surface area contributed by atoms with Crippen molar-refractivity contribution in [1.82, 2.24) is 4.90 Å². The number of fused-ring (bicyclic) bond motifs is 1. The monoisotopic (exact) mass is 455 g/mol. The number of unbranched alkanes of at least 4 members (excludes halogenated alkanes) is 2. The molecule has 2 aliphatic heterocycles. The number of aliphatic hydroxyl groups is 1. The van der Waals surface area contributed by atoms with Crippen molar-refractivity contribution in [3.05, 3.63) is 65.0 Å². The number of carbonyl (C=O) groups is 3. The van der Waals surface area contributed by atoms with Crippen LogP contribution >= 0.6 is 0 Å². The third-order valence-electron chi connectivity index (χ3n) is 5.66. The molecule has 1 amide bonds. The highest BCUT2D eigenvalue weighted by Crippen LogP contribution is 2.43. The van der Waals surface area contributed by atoms with Crippen LogP contribution < -0.4 is 9.47 Å². The van der Waals surface area contributed by atoms with Gasteiger partial charge in [0.2, 0.25) is 6.79 Å². The minimum absolute atomic E-state index is 0.0228. The van der Waals surface area contributed by atoms with Crippen LogP contribution in [0.2, 0.25) is 0 Å². The number of hydrogen-bond acceptors (Lipinski definition) is 6. The first kappa shape index (κ1) is 22.3. The molecule has 0 saturated carbocycles. The predicted octanol–water partition coefficient (Wildman–Crippen LogP) is 3.62. The average Bonchev–Trinajstić information content (AvgIpc) is 3.36. The maximum Gasteiger partial charge on any atom is 0.303 e. The molecule has 2 aliphatic rings. The number of amides is 1. The van der Waals surface area contributed by atoms with Crippen LogP contribution in [0.25, 0.3) is 5.76 Å². The Morgan fingerprint density at radius 3 is 2.45 bits per heavy atom. The SMILES string of the molecule is O=C(O)CCCCCN1C(=O)C(=O)C(=C(O)c2ccc(F)cc2)C1c1ccc2c(c1)OCO2. The van der Waals surface area contributed by atoms with Crippen molar-refractivity contribution in [1.29, 1.82) is 0 Å². The molecule has 4 rings (SSSR count). The number of carboxylic acids is 1. The van der Waals surface area contributed by atoms with E-state index in [0.717, 1.165) is 12.1 Å². The third kappa shape index (κ3) is 4.52. The smallest absolute Gasteiger partial charge is 0.303 e. The van der Waals surface area contributed by atoms with Crippen LogP contribution in [0.4, 0.5) is 4.39 Å². The van der Waals surface area contributed by atoms with Gasteiger partial charge in [0.05, 0.1) is 11.6 Å². The Balaban J connectivity index is 1.70. The van der Waals surface area contributed by atoms with Gasteiger partial charge in [-0.2, -0.15) is 0 Å². The molecule has 9 heteroatoms. The summed E-state index contributed by atoms with van der Waals surface area (Å²) < 4.78 is 24.1. The zero-order valence-electron chi connectivity index (χ0n) is 17.6. The van der Waals surface area contributed by atoms with Crippen molar-refractivity contribution in [3.63, 3.8) is 0 Å². The molecule has 2 aromatic carbocycles. The van der Waals surface area contributed by atoms with Crippen LogP contribution in [-0.2, 0) is 14.4 Å². The summed E-state index contributed by atoms with van der Waals surface area (Å²) in [7, 11) is 0. The largest absolute Gasteiger partial charge is 0.507 e. The normalized spacial score (nSPS) is 18.7. The van der Waals surface area contributed by atoms with Crippen molar-refractivity contribution in [2.24, 2.45) is 0 Å². The van der Waals surface area contributed by atoms with E-state index in [0.29, 0.717) is 36.3 Å². The first-order chi connectivity index (χ1) is 15.9. The Morgan fingerprint density at radius 2 is 1.73 bits per heavy atom. The summed E-state index contributed by atoms with van der Waals surface area (Å²) in [5.41, 5.74) is 0.658. The van der Waals surface area contributed by atoms with Gasteiger partial charge in [0.15, 0.2) is 11.5 Å². The molecule has 8 nitrogen and oxygen atoms in total. The summed E-state index contributed by atoms with van der Waals surface area (Å²) in [6.07, 6.45) is 1.51. The van der Waals surface area contributed by atoms with E-state index >= 15 is 0 Å². The Hall–Kier alpha value is -3.88. The van der Waals surface area contributed by atoms with E-state index in [1.807, 2.05) is 0 Å². The van der Waals surface area contributed by atoms with Crippen molar-refractivity contribution in [3.8, 4) is 11.5 Å². The molecule has 0 bridgehead atoms. The van der Waals surface area contributed by atoms with E-state index in [9.17, 15) is 23.9 Å². The summed E-state index contributed by atoms with van der Waals surface area (Å²) in [5, 5.41) is 19.8. The molecular weight excluding hydrogens is 433 g/mol. The molecule has 1 atom stereocenters. The number of carboxylic acid groups (broad SMARTS) is 1. The van der Waals surface area contributed by atoms with Crippen LogP contribution in [0.15, 0.2) is 48.0 Å². The Morgan fingerprint density at radius 1 is 1.00 bits per heavy atom. The number of rotatable bonds is 8. The van der Waals surface area contributed by atoms with Crippen molar-refractivity contribution >= 4 is 23.4 Å². The lowest BCUT2D eigenvalue weighted by molar-refractivity contribution is -0.140. The zero-order chi connectivity index (χ0) is 23.5. The van der Waals surface area contributed by atoms with E-state index in [4.69, 9.17) is 14.6 Å². The Labute approximate surface area is 188 Å². The van der Waals surface area contributed by atoms with Crippen molar-refractivity contribution in [2.45, 2.75) is 31.7 Å². The first-order valence-corrected chi connectivity index (χ1v) is 10.5. The molecule has 1 unspecified atom stereocenters. The van der Waals surface area contributed by atoms with E-state index < -0.39 is 35.3 Å². The number of aliphatic carboxylic acids is 1. The maximum absolute atomic E-state index is 13.4. The molecule has 2 aromatic rings. The van der Waals surface area contributed by atoms with E-state index in [1.165, 1.54) is 17.0 Å². The van der Waals surface area contributed by atoms with Gasteiger partial charge in [-0.05, 0) is 54.8 Å². The number of ketones is 1. The molecule has 33 heavy (non-hydrogen) atoms. The van der Waals surface area contributed by atoms with Crippen molar-refractivity contribution in [2.75, 3.05) is 13.3 Å². The Bertz CT molecular complexity index is 1130. The van der Waals surface area contributed by atoms with Crippen molar-refractivity contribution < 1.29 is 38.5 Å². The van der Waals surface area contributed by atoms with E-state index in [-0.39, 0.29) is 30.9 Å². The number of halogens is 1. The highest BCUT2D eigenvalue weighted by molar-refractivity contribution is 6.46. The first-order valence-electron chi connectivity index (χ1n) is 10.5. The quantitative estimate of drug-likeness (QED) is 0.270. The molecule has 0 aliphatic carbocycles.